The Morgan fingerprint density at radius 2 is 2.00 bits per heavy atom. The second kappa shape index (κ2) is 6.14. The highest BCUT2D eigenvalue weighted by molar-refractivity contribution is 7.89. The zero-order valence-corrected chi connectivity index (χ0v) is 12.4. The van der Waals surface area contributed by atoms with E-state index in [-0.39, 0.29) is 5.56 Å². The van der Waals surface area contributed by atoms with E-state index < -0.39 is 43.8 Å². The van der Waals surface area contributed by atoms with Gasteiger partial charge in [0.1, 0.15) is 0 Å². The molecule has 0 heterocycles. The van der Waals surface area contributed by atoms with Crippen molar-refractivity contribution >= 4 is 21.6 Å². The molecule has 116 valence electrons. The van der Waals surface area contributed by atoms with E-state index in [1.54, 1.807) is 0 Å². The number of nitrogens with zero attached hydrogens (tertiary/aromatic N) is 2. The third kappa shape index (κ3) is 3.95. The van der Waals surface area contributed by atoms with Crippen molar-refractivity contribution in [1.82, 2.24) is 9.62 Å². The molecule has 0 saturated heterocycles. The van der Waals surface area contributed by atoms with Crippen molar-refractivity contribution in [3.63, 3.8) is 0 Å². The number of likely N-dealkylation sites (N-methyl/N-ethyl adjacent to an activating group) is 1. The molecule has 10 heteroatoms. The summed E-state index contributed by atoms with van der Waals surface area (Å²) in [6, 6.07) is 1.58. The Morgan fingerprint density at radius 3 is 2.48 bits per heavy atom. The summed E-state index contributed by atoms with van der Waals surface area (Å²) in [5.74, 6) is -1.59. The monoisotopic (exact) mass is 319 g/mol. The summed E-state index contributed by atoms with van der Waals surface area (Å²) in [7, 11) is -1.26. The van der Waals surface area contributed by atoms with E-state index in [1.807, 2.05) is 4.72 Å². The summed E-state index contributed by atoms with van der Waals surface area (Å²) >= 11 is 0. The molecule has 0 unspecified atom stereocenters. The number of nitro benzene ring substituents is 1. The smallest absolute Gasteiger partial charge is 0.306 e. The molecule has 0 aliphatic rings. The Kier molecular flexibility index (Phi) is 4.97. The molecule has 1 rings (SSSR count). The molecule has 0 radical (unpaired) electrons. The first-order valence-electron chi connectivity index (χ1n) is 5.70. The summed E-state index contributed by atoms with van der Waals surface area (Å²) in [4.78, 5) is 21.7. The SMILES string of the molecule is Cc1cc(S(=O)(=O)NCC(=O)N(C)C)cc([N+](=O)[O-])c1F. The van der Waals surface area contributed by atoms with Crippen LogP contribution in [0.2, 0.25) is 0 Å². The number of nitrogens with one attached hydrogen (secondary N) is 1. The molecule has 0 aliphatic carbocycles. The van der Waals surface area contributed by atoms with Gasteiger partial charge >= 0.3 is 5.69 Å². The molecule has 0 fully saturated rings. The van der Waals surface area contributed by atoms with E-state index in [1.165, 1.54) is 25.9 Å². The third-order valence-electron chi connectivity index (χ3n) is 2.63. The standard InChI is InChI=1S/C11H14FN3O5S/c1-7-4-8(5-9(11(7)12)15(17)18)21(19,20)13-6-10(16)14(2)3/h4-5,13H,6H2,1-3H3. The Hall–Kier alpha value is -2.07. The third-order valence-corrected chi connectivity index (χ3v) is 4.01. The highest BCUT2D eigenvalue weighted by atomic mass is 32.2. The lowest BCUT2D eigenvalue weighted by Crippen LogP contribution is -2.36. The number of nitro groups is 1. The normalized spacial score (nSPS) is 11.2. The van der Waals surface area contributed by atoms with Crippen LogP contribution in [0.3, 0.4) is 0 Å². The average Bonchev–Trinajstić information content (AvgIpc) is 2.38. The lowest BCUT2D eigenvalue weighted by molar-refractivity contribution is -0.387. The summed E-state index contributed by atoms with van der Waals surface area (Å²) in [5, 5.41) is 10.7. The maximum Gasteiger partial charge on any atom is 0.306 e. The molecule has 0 aromatic heterocycles. The first-order chi connectivity index (χ1) is 9.56. The maximum absolute atomic E-state index is 13.5. The maximum atomic E-state index is 13.5. The fraction of sp³-hybridized carbons (Fsp3) is 0.364. The van der Waals surface area contributed by atoms with Crippen LogP contribution in [-0.2, 0) is 14.8 Å². The van der Waals surface area contributed by atoms with Gasteiger partial charge < -0.3 is 4.90 Å². The molecule has 0 spiro atoms. The first-order valence-corrected chi connectivity index (χ1v) is 7.19. The van der Waals surface area contributed by atoms with Gasteiger partial charge in [0.15, 0.2) is 0 Å². The first kappa shape index (κ1) is 17.0. The van der Waals surface area contributed by atoms with E-state index >= 15 is 0 Å². The van der Waals surface area contributed by atoms with Gasteiger partial charge in [0.2, 0.25) is 21.7 Å². The highest BCUT2D eigenvalue weighted by Gasteiger charge is 2.24. The minimum absolute atomic E-state index is 0.177. The highest BCUT2D eigenvalue weighted by Crippen LogP contribution is 2.24. The van der Waals surface area contributed by atoms with E-state index in [0.29, 0.717) is 6.07 Å². The van der Waals surface area contributed by atoms with Crippen LogP contribution in [-0.4, -0.2) is 44.8 Å². The molecule has 8 nitrogen and oxygen atoms in total. The van der Waals surface area contributed by atoms with Crippen LogP contribution in [0.25, 0.3) is 0 Å². The molecule has 0 bridgehead atoms. The van der Waals surface area contributed by atoms with Crippen LogP contribution in [0, 0.1) is 22.9 Å². The Balaban J connectivity index is 3.15. The lowest BCUT2D eigenvalue weighted by atomic mass is 10.2. The summed E-state index contributed by atoms with van der Waals surface area (Å²) < 4.78 is 39.5. The van der Waals surface area contributed by atoms with Crippen molar-refractivity contribution < 1.29 is 22.5 Å². The number of amides is 1. The van der Waals surface area contributed by atoms with Gasteiger partial charge in [-0.2, -0.15) is 4.39 Å². The van der Waals surface area contributed by atoms with E-state index in [0.717, 1.165) is 6.07 Å². The number of halogens is 1. The van der Waals surface area contributed by atoms with Gasteiger partial charge in [-0.25, -0.2) is 13.1 Å². The van der Waals surface area contributed by atoms with Crippen LogP contribution < -0.4 is 4.72 Å². The van der Waals surface area contributed by atoms with E-state index in [4.69, 9.17) is 0 Å². The van der Waals surface area contributed by atoms with Crippen LogP contribution in [0.15, 0.2) is 17.0 Å². The van der Waals surface area contributed by atoms with Crippen LogP contribution in [0.5, 0.6) is 0 Å². The molecular formula is C11H14FN3O5S. The van der Waals surface area contributed by atoms with Crippen molar-refractivity contribution in [2.75, 3.05) is 20.6 Å². The van der Waals surface area contributed by atoms with Gasteiger partial charge in [-0.15, -0.1) is 0 Å². The largest absolute Gasteiger partial charge is 0.348 e. The number of carbonyl (C=O) groups excluding carboxylic acids is 1. The fourth-order valence-corrected chi connectivity index (χ4v) is 2.48. The predicted molar refractivity (Wildman–Crippen MR) is 71.7 cm³/mol. The van der Waals surface area contributed by atoms with Crippen molar-refractivity contribution in [3.05, 3.63) is 33.6 Å². The van der Waals surface area contributed by atoms with Crippen molar-refractivity contribution in [2.24, 2.45) is 0 Å². The van der Waals surface area contributed by atoms with Gasteiger partial charge in [-0.1, -0.05) is 0 Å². The number of benzene rings is 1. The molecule has 1 amide bonds. The summed E-state index contributed by atoms with van der Waals surface area (Å²) in [6.45, 7) is 0.714. The lowest BCUT2D eigenvalue weighted by Gasteiger charge is -2.11. The fourth-order valence-electron chi connectivity index (χ4n) is 1.40. The molecule has 1 aromatic carbocycles. The van der Waals surface area contributed by atoms with Gasteiger partial charge in [0, 0.05) is 20.2 Å². The van der Waals surface area contributed by atoms with Crippen LogP contribution >= 0.6 is 0 Å². The average molecular weight is 319 g/mol. The Morgan fingerprint density at radius 1 is 1.43 bits per heavy atom. The number of sulfonamides is 1. The Bertz CT molecular complexity index is 687. The number of rotatable bonds is 5. The molecule has 0 saturated carbocycles. The molecular weight excluding hydrogens is 305 g/mol. The molecule has 0 atom stereocenters. The van der Waals surface area contributed by atoms with Crippen molar-refractivity contribution in [1.29, 1.82) is 0 Å². The van der Waals surface area contributed by atoms with Gasteiger partial charge in [-0.3, -0.25) is 14.9 Å². The Labute approximate surface area is 120 Å². The molecule has 0 aliphatic heterocycles. The van der Waals surface area contributed by atoms with Gasteiger partial charge in [0.25, 0.3) is 0 Å². The molecule has 1 N–H and O–H groups in total. The van der Waals surface area contributed by atoms with Gasteiger partial charge in [-0.05, 0) is 18.6 Å². The van der Waals surface area contributed by atoms with Crippen LogP contribution in [0.1, 0.15) is 5.56 Å². The molecule has 1 aromatic rings. The van der Waals surface area contributed by atoms with Gasteiger partial charge in [0.05, 0.1) is 16.4 Å². The zero-order chi connectivity index (χ0) is 16.4. The second-order valence-corrected chi connectivity index (χ2v) is 6.21. The van der Waals surface area contributed by atoms with E-state index in [9.17, 15) is 27.7 Å². The minimum atomic E-state index is -4.15. The summed E-state index contributed by atoms with van der Waals surface area (Å²) in [5.41, 5.74) is -1.11. The summed E-state index contributed by atoms with van der Waals surface area (Å²) in [6.07, 6.45) is 0. The minimum Gasteiger partial charge on any atom is -0.348 e. The quantitative estimate of drug-likeness (QED) is 0.624. The predicted octanol–water partition coefficient (Wildman–Crippen LogP) is 0.409. The molecule has 21 heavy (non-hydrogen) atoms. The number of carbonyl (C=O) groups is 1. The zero-order valence-electron chi connectivity index (χ0n) is 11.6. The van der Waals surface area contributed by atoms with E-state index in [2.05, 4.69) is 0 Å². The number of aryl methyl sites for hydroxylation is 1. The van der Waals surface area contributed by atoms with Crippen molar-refractivity contribution in [2.45, 2.75) is 11.8 Å². The topological polar surface area (TPSA) is 110 Å². The second-order valence-electron chi connectivity index (χ2n) is 4.44. The van der Waals surface area contributed by atoms with Crippen LogP contribution in [0.4, 0.5) is 10.1 Å². The number of hydrogen-bond acceptors (Lipinski definition) is 5. The van der Waals surface area contributed by atoms with Crippen molar-refractivity contribution in [3.8, 4) is 0 Å². The number of hydrogen-bond donors (Lipinski definition) is 1.